The van der Waals surface area contributed by atoms with E-state index in [1.54, 1.807) is 26.8 Å². The third-order valence-corrected chi connectivity index (χ3v) is 4.88. The number of nitrogens with one attached hydrogen (secondary N) is 3. The van der Waals surface area contributed by atoms with Crippen LogP contribution in [0.2, 0.25) is 0 Å². The van der Waals surface area contributed by atoms with E-state index in [4.69, 9.17) is 4.74 Å². The maximum atomic E-state index is 12.2. The Morgan fingerprint density at radius 2 is 2.04 bits per heavy atom. The molecule has 2 aromatic heterocycles. The van der Waals surface area contributed by atoms with Crippen molar-refractivity contribution >= 4 is 45.6 Å². The Morgan fingerprint density at radius 1 is 1.29 bits per heavy atom. The molecule has 1 aromatic carbocycles. The van der Waals surface area contributed by atoms with Crippen molar-refractivity contribution < 1.29 is 19.4 Å². The van der Waals surface area contributed by atoms with E-state index in [9.17, 15) is 19.5 Å². The lowest BCUT2D eigenvalue weighted by Gasteiger charge is -2.19. The second kappa shape index (κ2) is 7.59. The van der Waals surface area contributed by atoms with Crippen LogP contribution in [-0.4, -0.2) is 45.0 Å². The fourth-order valence-electron chi connectivity index (χ4n) is 2.80. The van der Waals surface area contributed by atoms with Crippen LogP contribution in [0.25, 0.3) is 21.8 Å². The molecule has 0 aliphatic heterocycles. The van der Waals surface area contributed by atoms with E-state index in [-0.39, 0.29) is 16.6 Å². The van der Waals surface area contributed by atoms with Gasteiger partial charge in [-0.15, -0.1) is 11.8 Å². The van der Waals surface area contributed by atoms with Gasteiger partial charge in [-0.1, -0.05) is 0 Å². The average Bonchev–Trinajstić information content (AvgIpc) is 3.04. The van der Waals surface area contributed by atoms with Crippen molar-refractivity contribution in [2.24, 2.45) is 0 Å². The minimum absolute atomic E-state index is 0.0554. The number of fused-ring (bicyclic) bond motifs is 3. The first-order valence-corrected chi connectivity index (χ1v) is 9.64. The van der Waals surface area contributed by atoms with E-state index in [1.807, 2.05) is 12.1 Å². The molecule has 2 heterocycles. The average molecular weight is 403 g/mol. The lowest BCUT2D eigenvalue weighted by molar-refractivity contribution is 0.0530. The van der Waals surface area contributed by atoms with Crippen molar-refractivity contribution in [3.05, 3.63) is 40.3 Å². The van der Waals surface area contributed by atoms with E-state index in [0.717, 1.165) is 4.90 Å². The molecule has 0 radical (unpaired) electrons. The number of aromatic nitrogens is 2. The molecule has 0 spiro atoms. The maximum absolute atomic E-state index is 12.2. The van der Waals surface area contributed by atoms with Gasteiger partial charge < -0.3 is 25.1 Å². The highest BCUT2D eigenvalue weighted by atomic mass is 32.2. The van der Waals surface area contributed by atoms with Crippen molar-refractivity contribution in [2.75, 3.05) is 12.3 Å². The molecule has 0 fully saturated rings. The molecule has 0 saturated heterocycles. The molecule has 3 aromatic rings. The van der Waals surface area contributed by atoms with Crippen LogP contribution in [0.5, 0.6) is 0 Å². The van der Waals surface area contributed by atoms with E-state index in [1.165, 1.54) is 18.0 Å². The fraction of sp³-hybridized carbons (Fsp3) is 0.316. The highest BCUT2D eigenvalue weighted by Gasteiger charge is 2.17. The zero-order valence-corrected chi connectivity index (χ0v) is 16.5. The molecule has 0 aliphatic carbocycles. The Bertz CT molecular complexity index is 1110. The van der Waals surface area contributed by atoms with Crippen LogP contribution in [0.1, 0.15) is 31.1 Å². The molecule has 0 saturated carbocycles. The number of benzene rings is 1. The molecule has 0 bridgehead atoms. The van der Waals surface area contributed by atoms with Crippen LogP contribution in [0, 0.1) is 0 Å². The summed E-state index contributed by atoms with van der Waals surface area (Å²) in [6, 6.07) is 5.43. The minimum atomic E-state index is -1.10. The second-order valence-electron chi connectivity index (χ2n) is 7.20. The molecule has 148 valence electrons. The Labute approximate surface area is 164 Å². The summed E-state index contributed by atoms with van der Waals surface area (Å²) < 4.78 is 5.18. The number of rotatable bonds is 5. The monoisotopic (exact) mass is 403 g/mol. The molecular weight excluding hydrogens is 382 g/mol. The third-order valence-electron chi connectivity index (χ3n) is 3.89. The van der Waals surface area contributed by atoms with Gasteiger partial charge in [0, 0.05) is 39.7 Å². The number of carbonyl (C=O) groups excluding carboxylic acids is 1. The predicted octanol–water partition coefficient (Wildman–Crippen LogP) is 3.32. The van der Waals surface area contributed by atoms with Crippen molar-refractivity contribution in [3.63, 3.8) is 0 Å². The van der Waals surface area contributed by atoms with Gasteiger partial charge in [-0.25, -0.2) is 9.59 Å². The molecule has 1 amide bonds. The van der Waals surface area contributed by atoms with E-state index < -0.39 is 17.7 Å². The maximum Gasteiger partial charge on any atom is 0.407 e. The number of carbonyl (C=O) groups is 2. The quantitative estimate of drug-likeness (QED) is 0.383. The van der Waals surface area contributed by atoms with Gasteiger partial charge in [-0.3, -0.25) is 4.79 Å². The first-order valence-electron chi connectivity index (χ1n) is 8.66. The summed E-state index contributed by atoms with van der Waals surface area (Å²) in [5.74, 6) is -0.492. The number of carboxylic acid groups (broad SMARTS) is 1. The Morgan fingerprint density at radius 3 is 2.71 bits per heavy atom. The predicted molar refractivity (Wildman–Crippen MR) is 108 cm³/mol. The number of hydrogen-bond acceptors (Lipinski definition) is 5. The van der Waals surface area contributed by atoms with Crippen LogP contribution in [0.4, 0.5) is 4.79 Å². The van der Waals surface area contributed by atoms with Crippen molar-refractivity contribution in [1.82, 2.24) is 15.3 Å². The Hall–Kier alpha value is -2.94. The lowest BCUT2D eigenvalue weighted by Crippen LogP contribution is -2.33. The number of ether oxygens (including phenoxy) is 1. The highest BCUT2D eigenvalue weighted by molar-refractivity contribution is 7.99. The third kappa shape index (κ3) is 4.30. The molecule has 4 N–H and O–H groups in total. The van der Waals surface area contributed by atoms with Crippen molar-refractivity contribution in [1.29, 1.82) is 0 Å². The van der Waals surface area contributed by atoms with Gasteiger partial charge in [0.25, 0.3) is 5.56 Å². The molecule has 28 heavy (non-hydrogen) atoms. The number of aromatic carboxylic acids is 1. The zero-order valence-electron chi connectivity index (χ0n) is 15.7. The molecule has 3 rings (SSSR count). The normalized spacial score (nSPS) is 11.7. The number of aromatic amines is 2. The molecule has 0 aliphatic rings. The smallest absolute Gasteiger partial charge is 0.407 e. The number of alkyl carbamates (subject to hydrolysis) is 1. The summed E-state index contributed by atoms with van der Waals surface area (Å²) in [4.78, 5) is 41.7. The van der Waals surface area contributed by atoms with Gasteiger partial charge in [0.2, 0.25) is 0 Å². The van der Waals surface area contributed by atoms with E-state index in [2.05, 4.69) is 15.3 Å². The molecule has 9 heteroatoms. The molecule has 8 nitrogen and oxygen atoms in total. The number of thioether (sulfide) groups is 1. The standard InChI is InChI=1S/C19H21N3O5S/c1-19(2,3)27-18(26)20-6-7-28-10-4-5-13-11(8-10)14-12(17(24)25)9-21-15(14)16(23)22-13/h4-5,8-9,21H,6-7H2,1-3H3,(H,20,26)(H,22,23)(H,24,25). The fourth-order valence-corrected chi connectivity index (χ4v) is 3.61. The van der Waals surface area contributed by atoms with Gasteiger partial charge in [0.1, 0.15) is 11.1 Å². The van der Waals surface area contributed by atoms with Gasteiger partial charge in [-0.2, -0.15) is 0 Å². The molecular formula is C19H21N3O5S. The largest absolute Gasteiger partial charge is 0.478 e. The summed E-state index contributed by atoms with van der Waals surface area (Å²) >= 11 is 1.50. The zero-order chi connectivity index (χ0) is 20.5. The first-order chi connectivity index (χ1) is 13.2. The summed E-state index contributed by atoms with van der Waals surface area (Å²) in [5.41, 5.74) is -0.0534. The van der Waals surface area contributed by atoms with Crippen LogP contribution in [0.3, 0.4) is 0 Å². The number of amides is 1. The Kier molecular flexibility index (Phi) is 5.37. The summed E-state index contributed by atoms with van der Waals surface area (Å²) in [5, 5.41) is 13.1. The van der Waals surface area contributed by atoms with Gasteiger partial charge in [-0.05, 0) is 39.0 Å². The summed E-state index contributed by atoms with van der Waals surface area (Å²) in [6.07, 6.45) is 0.857. The van der Waals surface area contributed by atoms with E-state index >= 15 is 0 Å². The van der Waals surface area contributed by atoms with Crippen LogP contribution >= 0.6 is 11.8 Å². The number of H-pyrrole nitrogens is 2. The molecule has 0 unspecified atom stereocenters. The lowest BCUT2D eigenvalue weighted by atomic mass is 10.1. The number of hydrogen-bond donors (Lipinski definition) is 4. The van der Waals surface area contributed by atoms with Gasteiger partial charge in [0.15, 0.2) is 0 Å². The van der Waals surface area contributed by atoms with Crippen LogP contribution in [-0.2, 0) is 4.74 Å². The van der Waals surface area contributed by atoms with E-state index in [0.29, 0.717) is 28.6 Å². The topological polar surface area (TPSA) is 124 Å². The summed E-state index contributed by atoms with van der Waals surface area (Å²) in [7, 11) is 0. The Balaban J connectivity index is 1.79. The minimum Gasteiger partial charge on any atom is -0.478 e. The van der Waals surface area contributed by atoms with Gasteiger partial charge >= 0.3 is 12.1 Å². The second-order valence-corrected chi connectivity index (χ2v) is 8.36. The van der Waals surface area contributed by atoms with Crippen molar-refractivity contribution in [2.45, 2.75) is 31.3 Å². The number of pyridine rings is 1. The highest BCUT2D eigenvalue weighted by Crippen LogP contribution is 2.28. The van der Waals surface area contributed by atoms with Crippen LogP contribution in [0.15, 0.2) is 34.1 Å². The number of carboxylic acids is 1. The summed E-state index contributed by atoms with van der Waals surface area (Å²) in [6.45, 7) is 5.82. The molecule has 0 atom stereocenters. The van der Waals surface area contributed by atoms with Crippen molar-refractivity contribution in [3.8, 4) is 0 Å². The van der Waals surface area contributed by atoms with Gasteiger partial charge in [0.05, 0.1) is 5.56 Å². The SMILES string of the molecule is CC(C)(C)OC(=O)NCCSc1ccc2[nH]c(=O)c3[nH]cc(C(=O)O)c3c2c1. The first kappa shape index (κ1) is 19.8. The van der Waals surface area contributed by atoms with Crippen LogP contribution < -0.4 is 10.9 Å².